The average molecular weight is 686 g/mol. The van der Waals surface area contributed by atoms with Gasteiger partial charge in [-0.1, -0.05) is 115 Å². The standard InChI is InChI=1S/2C20H25NO2.Zn/c2*1-13(2)17-7-6-8-18(14(3)4)20(17)21-12-15-11-16(23-5)9-10-19(15)22;/h2*6-14,22H,1-5H3;/q;;+2/p-2. The van der Waals surface area contributed by atoms with E-state index >= 15 is 0 Å². The van der Waals surface area contributed by atoms with Crippen LogP contribution in [0.5, 0.6) is 23.0 Å². The molecule has 0 spiro atoms. The summed E-state index contributed by atoms with van der Waals surface area (Å²) in [5, 5.41) is 24.0. The minimum Gasteiger partial charge on any atom is -0.872 e. The first kappa shape index (κ1) is 39.2. The molecule has 6 nitrogen and oxygen atoms in total. The third-order valence-corrected chi connectivity index (χ3v) is 7.78. The normalized spacial score (nSPS) is 11.4. The molecule has 0 aliphatic carbocycles. The minimum atomic E-state index is -0.0531. The van der Waals surface area contributed by atoms with Crippen molar-refractivity contribution < 1.29 is 39.2 Å². The van der Waals surface area contributed by atoms with Gasteiger partial charge in [0.05, 0.1) is 25.6 Å². The van der Waals surface area contributed by atoms with Gasteiger partial charge in [-0.3, -0.25) is 9.98 Å². The van der Waals surface area contributed by atoms with Crippen molar-refractivity contribution >= 4 is 23.8 Å². The first-order valence-electron chi connectivity index (χ1n) is 15.9. The third kappa shape index (κ3) is 10.5. The molecule has 0 bridgehead atoms. The smallest absolute Gasteiger partial charge is 0.872 e. The molecule has 0 radical (unpaired) electrons. The Morgan fingerprint density at radius 1 is 0.511 bits per heavy atom. The number of rotatable bonds is 10. The Labute approximate surface area is 294 Å². The van der Waals surface area contributed by atoms with E-state index in [0.29, 0.717) is 46.3 Å². The summed E-state index contributed by atoms with van der Waals surface area (Å²) in [5.74, 6) is 2.71. The molecule has 0 amide bonds. The summed E-state index contributed by atoms with van der Waals surface area (Å²) in [6, 6.07) is 22.4. The molecule has 0 aromatic heterocycles. The molecule has 244 valence electrons. The monoisotopic (exact) mass is 684 g/mol. The SMILES string of the molecule is COc1ccc([O-])c(C=Nc2c(C(C)C)cccc2C(C)C)c1.COc1ccc([O-])c(C=Nc2c(C(C)C)cccc2C(C)C)c1.[Zn+2]. The zero-order valence-corrected chi connectivity index (χ0v) is 32.6. The summed E-state index contributed by atoms with van der Waals surface area (Å²) >= 11 is 0. The van der Waals surface area contributed by atoms with E-state index in [1.54, 1.807) is 50.9 Å². The van der Waals surface area contributed by atoms with Gasteiger partial charge in [-0.2, -0.15) is 0 Å². The van der Waals surface area contributed by atoms with Crippen LogP contribution in [0.2, 0.25) is 0 Å². The van der Waals surface area contributed by atoms with Crippen molar-refractivity contribution in [1.82, 2.24) is 0 Å². The molecule has 0 atom stereocenters. The Morgan fingerprint density at radius 3 is 1.06 bits per heavy atom. The van der Waals surface area contributed by atoms with E-state index in [4.69, 9.17) is 9.47 Å². The van der Waals surface area contributed by atoms with Crippen molar-refractivity contribution in [2.45, 2.75) is 79.1 Å². The van der Waals surface area contributed by atoms with Gasteiger partial charge in [0.1, 0.15) is 11.5 Å². The van der Waals surface area contributed by atoms with Gasteiger partial charge >= 0.3 is 19.5 Å². The van der Waals surface area contributed by atoms with Crippen LogP contribution in [-0.4, -0.2) is 26.6 Å². The van der Waals surface area contributed by atoms with E-state index in [0.717, 1.165) is 11.4 Å². The van der Waals surface area contributed by atoms with E-state index in [1.165, 1.54) is 34.4 Å². The molecule has 0 saturated heterocycles. The second kappa shape index (κ2) is 18.4. The summed E-state index contributed by atoms with van der Waals surface area (Å²) in [6.07, 6.45) is 3.30. The summed E-state index contributed by atoms with van der Waals surface area (Å²) in [5.41, 5.74) is 7.81. The molecular formula is C40H48N2O4Zn. The Kier molecular flexibility index (Phi) is 15.4. The fourth-order valence-electron chi connectivity index (χ4n) is 5.10. The molecular weight excluding hydrogens is 638 g/mol. The maximum Gasteiger partial charge on any atom is 2.00 e. The number of nitrogens with zero attached hydrogens (tertiary/aromatic N) is 2. The Bertz CT molecular complexity index is 1480. The van der Waals surface area contributed by atoms with Crippen LogP contribution in [0.1, 0.15) is 112 Å². The van der Waals surface area contributed by atoms with E-state index in [1.807, 2.05) is 0 Å². The first-order valence-corrected chi connectivity index (χ1v) is 15.9. The molecule has 4 aromatic rings. The second-order valence-corrected chi connectivity index (χ2v) is 12.5. The van der Waals surface area contributed by atoms with Gasteiger partial charge in [-0.25, -0.2) is 0 Å². The van der Waals surface area contributed by atoms with Gasteiger partial charge in [0, 0.05) is 12.4 Å². The Balaban J connectivity index is 0.000000320. The van der Waals surface area contributed by atoms with Crippen LogP contribution < -0.4 is 19.7 Å². The van der Waals surface area contributed by atoms with Crippen LogP contribution in [-0.2, 0) is 19.5 Å². The van der Waals surface area contributed by atoms with Crippen molar-refractivity contribution in [3.05, 3.63) is 106 Å². The second-order valence-electron chi connectivity index (χ2n) is 12.5. The maximum atomic E-state index is 12.0. The molecule has 4 aromatic carbocycles. The van der Waals surface area contributed by atoms with Crippen LogP contribution in [0, 0.1) is 0 Å². The number of methoxy groups -OCH3 is 2. The Hall–Kier alpha value is -3.96. The predicted octanol–water partition coefficient (Wildman–Crippen LogP) is 9.53. The fraction of sp³-hybridized carbons (Fsp3) is 0.350. The molecule has 0 saturated carbocycles. The Morgan fingerprint density at radius 2 is 0.809 bits per heavy atom. The molecule has 0 fully saturated rings. The number of aliphatic imine (C=N–C) groups is 2. The maximum absolute atomic E-state index is 12.0. The van der Waals surface area contributed by atoms with Gasteiger partial charge in [0.15, 0.2) is 0 Å². The van der Waals surface area contributed by atoms with Gasteiger partial charge in [-0.15, -0.1) is 0 Å². The largest absolute Gasteiger partial charge is 2.00 e. The fourth-order valence-corrected chi connectivity index (χ4v) is 5.10. The van der Waals surface area contributed by atoms with Crippen molar-refractivity contribution in [2.24, 2.45) is 9.98 Å². The average Bonchev–Trinajstić information content (AvgIpc) is 3.03. The van der Waals surface area contributed by atoms with Crippen molar-refractivity contribution in [2.75, 3.05) is 14.2 Å². The van der Waals surface area contributed by atoms with Crippen LogP contribution in [0.4, 0.5) is 11.4 Å². The number of hydrogen-bond acceptors (Lipinski definition) is 6. The summed E-state index contributed by atoms with van der Waals surface area (Å²) in [6.45, 7) is 17.2. The molecule has 0 aliphatic heterocycles. The molecule has 0 heterocycles. The third-order valence-electron chi connectivity index (χ3n) is 7.78. The zero-order valence-electron chi connectivity index (χ0n) is 29.6. The van der Waals surface area contributed by atoms with E-state index < -0.39 is 0 Å². The van der Waals surface area contributed by atoms with Gasteiger partial charge in [-0.05, 0) is 81.3 Å². The van der Waals surface area contributed by atoms with Crippen LogP contribution in [0.3, 0.4) is 0 Å². The summed E-state index contributed by atoms with van der Waals surface area (Å²) in [7, 11) is 3.18. The molecule has 0 N–H and O–H groups in total. The van der Waals surface area contributed by atoms with Gasteiger partial charge in [0.2, 0.25) is 0 Å². The minimum absolute atomic E-state index is 0. The summed E-state index contributed by atoms with van der Waals surface area (Å²) < 4.78 is 10.4. The first-order chi connectivity index (χ1) is 21.9. The van der Waals surface area contributed by atoms with Crippen molar-refractivity contribution in [3.8, 4) is 23.0 Å². The van der Waals surface area contributed by atoms with Crippen molar-refractivity contribution in [3.63, 3.8) is 0 Å². The number of hydrogen-bond donors (Lipinski definition) is 0. The van der Waals surface area contributed by atoms with Gasteiger partial charge in [0.25, 0.3) is 0 Å². The quantitative estimate of drug-likeness (QED) is 0.123. The summed E-state index contributed by atoms with van der Waals surface area (Å²) in [4.78, 5) is 9.35. The molecule has 7 heteroatoms. The molecule has 47 heavy (non-hydrogen) atoms. The number of para-hydroxylation sites is 2. The molecule has 0 unspecified atom stereocenters. The van der Waals surface area contributed by atoms with Crippen LogP contribution in [0.25, 0.3) is 0 Å². The van der Waals surface area contributed by atoms with E-state index in [9.17, 15) is 10.2 Å². The van der Waals surface area contributed by atoms with Gasteiger partial charge < -0.3 is 19.7 Å². The van der Waals surface area contributed by atoms with E-state index in [2.05, 4.69) is 102 Å². The predicted molar refractivity (Wildman–Crippen MR) is 189 cm³/mol. The van der Waals surface area contributed by atoms with Crippen molar-refractivity contribution in [1.29, 1.82) is 0 Å². The van der Waals surface area contributed by atoms with Crippen LogP contribution >= 0.6 is 0 Å². The molecule has 0 aliphatic rings. The number of benzene rings is 4. The van der Waals surface area contributed by atoms with Crippen LogP contribution in [0.15, 0.2) is 82.8 Å². The zero-order chi connectivity index (χ0) is 34.0. The molecule has 4 rings (SSSR count). The van der Waals surface area contributed by atoms with E-state index in [-0.39, 0.29) is 31.0 Å². The number of ether oxygens (including phenoxy) is 2. The topological polar surface area (TPSA) is 89.3 Å².